The standard InChI is InChI=1S/C14H13F6NO2/c1-7(2)21-6-11(23-12(21)22)8-3-9(13(15,16)17)5-10(4-8)14(18,19)20/h3-5,7,11H,6H2,1-2H3. The van der Waals surface area contributed by atoms with Crippen LogP contribution < -0.4 is 0 Å². The molecule has 0 N–H and O–H groups in total. The Kier molecular flexibility index (Phi) is 4.25. The summed E-state index contributed by atoms with van der Waals surface area (Å²) in [6, 6.07) is 0.925. The van der Waals surface area contributed by atoms with Gasteiger partial charge in [0.15, 0.2) is 0 Å². The highest BCUT2D eigenvalue weighted by atomic mass is 19.4. The monoisotopic (exact) mass is 341 g/mol. The Morgan fingerprint density at radius 2 is 1.52 bits per heavy atom. The molecule has 1 saturated heterocycles. The zero-order valence-electron chi connectivity index (χ0n) is 12.1. The van der Waals surface area contributed by atoms with Crippen LogP contribution in [0.2, 0.25) is 0 Å². The Bertz CT molecular complexity index is 576. The maximum absolute atomic E-state index is 12.8. The molecule has 3 nitrogen and oxygen atoms in total. The van der Waals surface area contributed by atoms with Crippen LogP contribution in [0.3, 0.4) is 0 Å². The SMILES string of the molecule is CC(C)N1CC(c2cc(C(F)(F)F)cc(C(F)(F)F)c2)OC1=O. The molecule has 1 fully saturated rings. The molecule has 1 heterocycles. The van der Waals surface area contributed by atoms with Crippen molar-refractivity contribution in [1.82, 2.24) is 4.90 Å². The first-order valence-electron chi connectivity index (χ1n) is 6.66. The van der Waals surface area contributed by atoms with Crippen LogP contribution in [0.15, 0.2) is 18.2 Å². The molecule has 2 rings (SSSR count). The summed E-state index contributed by atoms with van der Waals surface area (Å²) in [5.41, 5.74) is -3.19. The molecule has 0 aliphatic carbocycles. The van der Waals surface area contributed by atoms with Crippen LogP contribution in [0.1, 0.15) is 36.6 Å². The fourth-order valence-corrected chi connectivity index (χ4v) is 2.24. The van der Waals surface area contributed by atoms with Gasteiger partial charge in [-0.25, -0.2) is 4.79 Å². The lowest BCUT2D eigenvalue weighted by Gasteiger charge is -2.18. The van der Waals surface area contributed by atoms with Gasteiger partial charge >= 0.3 is 18.4 Å². The summed E-state index contributed by atoms with van der Waals surface area (Å²) >= 11 is 0. The number of hydrogen-bond donors (Lipinski definition) is 0. The fourth-order valence-electron chi connectivity index (χ4n) is 2.24. The van der Waals surface area contributed by atoms with Crippen molar-refractivity contribution >= 4 is 6.09 Å². The van der Waals surface area contributed by atoms with Gasteiger partial charge in [0.2, 0.25) is 0 Å². The molecule has 1 aromatic rings. The van der Waals surface area contributed by atoms with E-state index in [1.54, 1.807) is 13.8 Å². The highest BCUT2D eigenvalue weighted by Crippen LogP contribution is 2.39. The van der Waals surface area contributed by atoms with Crippen LogP contribution in [0.5, 0.6) is 0 Å². The van der Waals surface area contributed by atoms with Gasteiger partial charge in [0.1, 0.15) is 6.10 Å². The topological polar surface area (TPSA) is 29.5 Å². The number of halogens is 6. The van der Waals surface area contributed by atoms with Gasteiger partial charge in [0.25, 0.3) is 0 Å². The maximum Gasteiger partial charge on any atom is 0.416 e. The van der Waals surface area contributed by atoms with Gasteiger partial charge < -0.3 is 9.64 Å². The smallest absolute Gasteiger partial charge is 0.416 e. The molecule has 1 aliphatic rings. The maximum atomic E-state index is 12.8. The van der Waals surface area contributed by atoms with Crippen molar-refractivity contribution in [2.24, 2.45) is 0 Å². The Hall–Kier alpha value is -1.93. The largest absolute Gasteiger partial charge is 0.439 e. The highest BCUT2D eigenvalue weighted by molar-refractivity contribution is 5.70. The molecule has 0 spiro atoms. The molecule has 0 aromatic heterocycles. The first-order valence-corrected chi connectivity index (χ1v) is 6.66. The third kappa shape index (κ3) is 3.70. The summed E-state index contributed by atoms with van der Waals surface area (Å²) in [5, 5.41) is 0. The van der Waals surface area contributed by atoms with Gasteiger partial charge in [-0.05, 0) is 37.6 Å². The van der Waals surface area contributed by atoms with Gasteiger partial charge in [-0.2, -0.15) is 26.3 Å². The number of ether oxygens (including phenoxy) is 1. The van der Waals surface area contributed by atoms with E-state index in [1.807, 2.05) is 0 Å². The van der Waals surface area contributed by atoms with Crippen LogP contribution in [-0.2, 0) is 17.1 Å². The zero-order valence-corrected chi connectivity index (χ0v) is 12.1. The molecule has 1 atom stereocenters. The van der Waals surface area contributed by atoms with Crippen molar-refractivity contribution in [2.75, 3.05) is 6.54 Å². The molecule has 0 bridgehead atoms. The van der Waals surface area contributed by atoms with E-state index in [0.29, 0.717) is 12.1 Å². The predicted molar refractivity (Wildman–Crippen MR) is 67.5 cm³/mol. The fraction of sp³-hybridized carbons (Fsp3) is 0.500. The lowest BCUT2D eigenvalue weighted by molar-refractivity contribution is -0.143. The lowest BCUT2D eigenvalue weighted by Crippen LogP contribution is -2.31. The quantitative estimate of drug-likeness (QED) is 0.734. The number of hydrogen-bond acceptors (Lipinski definition) is 2. The third-order valence-electron chi connectivity index (χ3n) is 3.45. The van der Waals surface area contributed by atoms with E-state index < -0.39 is 35.7 Å². The van der Waals surface area contributed by atoms with Gasteiger partial charge in [0.05, 0.1) is 17.7 Å². The molecule has 128 valence electrons. The highest BCUT2D eigenvalue weighted by Gasteiger charge is 2.40. The van der Waals surface area contributed by atoms with Crippen LogP contribution in [0.25, 0.3) is 0 Å². The minimum absolute atomic E-state index is 0.0421. The van der Waals surface area contributed by atoms with Crippen LogP contribution >= 0.6 is 0 Å². The zero-order chi connectivity index (χ0) is 17.6. The summed E-state index contributed by atoms with van der Waals surface area (Å²) in [5.74, 6) is 0. The summed E-state index contributed by atoms with van der Waals surface area (Å²) in [6.07, 6.45) is -11.8. The Balaban J connectivity index is 2.45. The van der Waals surface area contributed by atoms with Crippen molar-refractivity contribution < 1.29 is 35.9 Å². The summed E-state index contributed by atoms with van der Waals surface area (Å²) < 4.78 is 81.8. The van der Waals surface area contributed by atoms with Gasteiger partial charge in [0, 0.05) is 6.04 Å². The van der Waals surface area contributed by atoms with E-state index >= 15 is 0 Å². The molecule has 1 aromatic carbocycles. The van der Waals surface area contributed by atoms with E-state index in [4.69, 9.17) is 4.74 Å². The minimum atomic E-state index is -4.93. The second-order valence-electron chi connectivity index (χ2n) is 5.46. The second kappa shape index (κ2) is 5.61. The van der Waals surface area contributed by atoms with Gasteiger partial charge in [-0.1, -0.05) is 0 Å². The number of amides is 1. The Labute approximate surface area is 127 Å². The average Bonchev–Trinajstić information content (AvgIpc) is 2.78. The minimum Gasteiger partial charge on any atom is -0.439 e. The summed E-state index contributed by atoms with van der Waals surface area (Å²) in [4.78, 5) is 12.9. The van der Waals surface area contributed by atoms with Crippen molar-refractivity contribution in [2.45, 2.75) is 38.3 Å². The number of carbonyl (C=O) groups excluding carboxylic acids is 1. The molecule has 23 heavy (non-hydrogen) atoms. The number of nitrogens with zero attached hydrogens (tertiary/aromatic N) is 1. The number of rotatable bonds is 2. The van der Waals surface area contributed by atoms with E-state index in [1.165, 1.54) is 4.90 Å². The molecule has 0 radical (unpaired) electrons. The van der Waals surface area contributed by atoms with E-state index in [2.05, 4.69) is 0 Å². The third-order valence-corrected chi connectivity index (χ3v) is 3.45. The normalized spacial score (nSPS) is 19.4. The second-order valence-corrected chi connectivity index (χ2v) is 5.46. The van der Waals surface area contributed by atoms with Gasteiger partial charge in [-0.15, -0.1) is 0 Å². The van der Waals surface area contributed by atoms with Gasteiger partial charge in [-0.3, -0.25) is 0 Å². The molecular formula is C14H13F6NO2. The van der Waals surface area contributed by atoms with E-state index in [-0.39, 0.29) is 24.2 Å². The summed E-state index contributed by atoms with van der Waals surface area (Å²) in [6.45, 7) is 3.23. The molecule has 1 aliphatic heterocycles. The van der Waals surface area contributed by atoms with Crippen molar-refractivity contribution in [3.05, 3.63) is 34.9 Å². The Morgan fingerprint density at radius 3 is 1.87 bits per heavy atom. The molecule has 1 amide bonds. The molecule has 0 saturated carbocycles. The molecule has 1 unspecified atom stereocenters. The Morgan fingerprint density at radius 1 is 1.04 bits per heavy atom. The number of cyclic esters (lactones) is 1. The van der Waals surface area contributed by atoms with Crippen molar-refractivity contribution in [1.29, 1.82) is 0 Å². The average molecular weight is 341 g/mol. The number of benzene rings is 1. The first-order chi connectivity index (χ1) is 10.4. The van der Waals surface area contributed by atoms with Crippen LogP contribution in [0.4, 0.5) is 31.1 Å². The molecule has 9 heteroatoms. The van der Waals surface area contributed by atoms with Crippen LogP contribution in [0, 0.1) is 0 Å². The van der Waals surface area contributed by atoms with E-state index in [0.717, 1.165) is 0 Å². The first kappa shape index (κ1) is 17.4. The lowest BCUT2D eigenvalue weighted by atomic mass is 10.0. The van der Waals surface area contributed by atoms with E-state index in [9.17, 15) is 31.1 Å². The predicted octanol–water partition coefficient (Wildman–Crippen LogP) is 4.63. The molecular weight excluding hydrogens is 328 g/mol. The summed E-state index contributed by atoms with van der Waals surface area (Å²) in [7, 11) is 0. The number of carbonyl (C=O) groups is 1. The van der Waals surface area contributed by atoms with Crippen LogP contribution in [-0.4, -0.2) is 23.6 Å². The van der Waals surface area contributed by atoms with Crippen molar-refractivity contribution in [3.63, 3.8) is 0 Å². The van der Waals surface area contributed by atoms with Crippen molar-refractivity contribution in [3.8, 4) is 0 Å². The number of alkyl halides is 6.